The average Bonchev–Trinajstić information content (AvgIpc) is 2.61. The standard InChI is InChI=1S/C19H25NO4S/c1-16-9-6-7-12-18(16)19(17-10-4-3-5-11-17)20-25(21,22)14-8-13-24-15-23-2/h3-7,9-12,19-20H,8,13-15H2,1-2H3. The van der Waals surface area contributed by atoms with Gasteiger partial charge in [0.05, 0.1) is 18.4 Å². The van der Waals surface area contributed by atoms with Gasteiger partial charge in [-0.2, -0.15) is 0 Å². The Morgan fingerprint density at radius 1 is 1.04 bits per heavy atom. The zero-order valence-electron chi connectivity index (χ0n) is 14.6. The van der Waals surface area contributed by atoms with Gasteiger partial charge in [-0.25, -0.2) is 13.1 Å². The minimum atomic E-state index is -3.45. The molecule has 25 heavy (non-hydrogen) atoms. The van der Waals surface area contributed by atoms with Crippen molar-refractivity contribution in [2.45, 2.75) is 19.4 Å². The molecule has 6 heteroatoms. The second-order valence-corrected chi connectivity index (χ2v) is 7.68. The fraction of sp³-hybridized carbons (Fsp3) is 0.368. The second kappa shape index (κ2) is 9.68. The second-order valence-electron chi connectivity index (χ2n) is 5.81. The number of aryl methyl sites for hydroxylation is 1. The van der Waals surface area contributed by atoms with Gasteiger partial charge in [0.1, 0.15) is 6.79 Å². The molecular formula is C19H25NO4S. The van der Waals surface area contributed by atoms with E-state index in [9.17, 15) is 8.42 Å². The number of sulfonamides is 1. The summed E-state index contributed by atoms with van der Waals surface area (Å²) in [5.74, 6) is 0.00588. The molecular weight excluding hydrogens is 338 g/mol. The molecule has 0 aromatic heterocycles. The van der Waals surface area contributed by atoms with Gasteiger partial charge in [-0.15, -0.1) is 0 Å². The van der Waals surface area contributed by atoms with Crippen LogP contribution in [0.2, 0.25) is 0 Å². The highest BCUT2D eigenvalue weighted by molar-refractivity contribution is 7.89. The van der Waals surface area contributed by atoms with Crippen molar-refractivity contribution in [2.24, 2.45) is 0 Å². The van der Waals surface area contributed by atoms with E-state index in [0.29, 0.717) is 13.0 Å². The third-order valence-electron chi connectivity index (χ3n) is 3.83. The normalized spacial score (nSPS) is 12.9. The van der Waals surface area contributed by atoms with Crippen molar-refractivity contribution < 1.29 is 17.9 Å². The predicted octanol–water partition coefficient (Wildman–Crippen LogP) is 3.01. The van der Waals surface area contributed by atoms with Gasteiger partial charge < -0.3 is 9.47 Å². The van der Waals surface area contributed by atoms with E-state index in [-0.39, 0.29) is 12.5 Å². The molecule has 1 N–H and O–H groups in total. The highest BCUT2D eigenvalue weighted by atomic mass is 32.2. The maximum atomic E-state index is 12.5. The summed E-state index contributed by atoms with van der Waals surface area (Å²) in [7, 11) is -1.92. The zero-order valence-corrected chi connectivity index (χ0v) is 15.5. The molecule has 1 atom stereocenters. The van der Waals surface area contributed by atoms with Crippen molar-refractivity contribution in [3.63, 3.8) is 0 Å². The largest absolute Gasteiger partial charge is 0.359 e. The molecule has 0 spiro atoms. The van der Waals surface area contributed by atoms with Crippen molar-refractivity contribution in [3.05, 3.63) is 71.3 Å². The van der Waals surface area contributed by atoms with E-state index in [1.54, 1.807) is 0 Å². The molecule has 2 aromatic rings. The van der Waals surface area contributed by atoms with Gasteiger partial charge in [-0.05, 0) is 30.0 Å². The van der Waals surface area contributed by atoms with Crippen LogP contribution in [0.25, 0.3) is 0 Å². The molecule has 1 unspecified atom stereocenters. The van der Waals surface area contributed by atoms with Crippen LogP contribution < -0.4 is 4.72 Å². The summed E-state index contributed by atoms with van der Waals surface area (Å²) in [6.45, 7) is 2.50. The van der Waals surface area contributed by atoms with E-state index in [4.69, 9.17) is 9.47 Å². The lowest BCUT2D eigenvalue weighted by Crippen LogP contribution is -2.32. The molecule has 0 aliphatic carbocycles. The number of methoxy groups -OCH3 is 1. The Labute approximate surface area is 150 Å². The van der Waals surface area contributed by atoms with E-state index in [0.717, 1.165) is 16.7 Å². The van der Waals surface area contributed by atoms with Gasteiger partial charge >= 0.3 is 0 Å². The number of ether oxygens (including phenoxy) is 2. The molecule has 0 aliphatic heterocycles. The van der Waals surface area contributed by atoms with E-state index in [1.807, 2.05) is 61.5 Å². The Morgan fingerprint density at radius 3 is 2.40 bits per heavy atom. The molecule has 5 nitrogen and oxygen atoms in total. The molecule has 0 fully saturated rings. The van der Waals surface area contributed by atoms with Gasteiger partial charge in [0.25, 0.3) is 0 Å². The Kier molecular flexibility index (Phi) is 7.58. The van der Waals surface area contributed by atoms with Gasteiger partial charge in [0, 0.05) is 7.11 Å². The number of hydrogen-bond donors (Lipinski definition) is 1. The number of benzene rings is 2. The lowest BCUT2D eigenvalue weighted by molar-refractivity contribution is -0.0298. The van der Waals surface area contributed by atoms with Crippen molar-refractivity contribution in [1.29, 1.82) is 0 Å². The molecule has 0 bridgehead atoms. The van der Waals surface area contributed by atoms with E-state index < -0.39 is 16.1 Å². The topological polar surface area (TPSA) is 64.6 Å². The highest BCUT2D eigenvalue weighted by Crippen LogP contribution is 2.25. The first-order valence-electron chi connectivity index (χ1n) is 8.20. The first kappa shape index (κ1) is 19.6. The van der Waals surface area contributed by atoms with Crippen LogP contribution in [0.3, 0.4) is 0 Å². The zero-order chi connectivity index (χ0) is 18.1. The molecule has 0 heterocycles. The van der Waals surface area contributed by atoms with Crippen LogP contribution in [0.1, 0.15) is 29.2 Å². The van der Waals surface area contributed by atoms with Gasteiger partial charge in [-0.3, -0.25) is 0 Å². The Hall–Kier alpha value is -1.73. The smallest absolute Gasteiger partial charge is 0.212 e. The molecule has 2 aromatic carbocycles. The van der Waals surface area contributed by atoms with Crippen LogP contribution in [-0.2, 0) is 19.5 Å². The van der Waals surface area contributed by atoms with Crippen LogP contribution in [0.5, 0.6) is 0 Å². The minimum absolute atomic E-state index is 0.00588. The molecule has 0 saturated carbocycles. The first-order chi connectivity index (χ1) is 12.0. The molecule has 2 rings (SSSR count). The summed E-state index contributed by atoms with van der Waals surface area (Å²) in [5, 5.41) is 0. The molecule has 136 valence electrons. The first-order valence-corrected chi connectivity index (χ1v) is 9.86. The monoisotopic (exact) mass is 363 g/mol. The lowest BCUT2D eigenvalue weighted by atomic mass is 9.96. The Bertz CT molecular complexity index is 747. The predicted molar refractivity (Wildman–Crippen MR) is 98.8 cm³/mol. The quantitative estimate of drug-likeness (QED) is 0.521. The highest BCUT2D eigenvalue weighted by Gasteiger charge is 2.22. The van der Waals surface area contributed by atoms with Gasteiger partial charge in [0.15, 0.2) is 0 Å². The van der Waals surface area contributed by atoms with Crippen LogP contribution in [-0.4, -0.2) is 34.7 Å². The van der Waals surface area contributed by atoms with Crippen molar-refractivity contribution in [2.75, 3.05) is 26.3 Å². The third kappa shape index (κ3) is 6.25. The maximum Gasteiger partial charge on any atom is 0.212 e. The van der Waals surface area contributed by atoms with Gasteiger partial charge in [0.2, 0.25) is 10.0 Å². The van der Waals surface area contributed by atoms with Crippen molar-refractivity contribution in [1.82, 2.24) is 4.72 Å². The van der Waals surface area contributed by atoms with Crippen LogP contribution in [0.4, 0.5) is 0 Å². The number of rotatable bonds is 10. The van der Waals surface area contributed by atoms with E-state index in [1.165, 1.54) is 7.11 Å². The number of nitrogens with one attached hydrogen (secondary N) is 1. The maximum absolute atomic E-state index is 12.5. The summed E-state index contributed by atoms with van der Waals surface area (Å²) in [5.41, 5.74) is 2.91. The fourth-order valence-electron chi connectivity index (χ4n) is 2.60. The van der Waals surface area contributed by atoms with Crippen molar-refractivity contribution >= 4 is 10.0 Å². The Balaban J connectivity index is 2.15. The Morgan fingerprint density at radius 2 is 1.72 bits per heavy atom. The lowest BCUT2D eigenvalue weighted by Gasteiger charge is -2.21. The van der Waals surface area contributed by atoms with Crippen LogP contribution >= 0.6 is 0 Å². The summed E-state index contributed by atoms with van der Waals surface area (Å²) >= 11 is 0. The summed E-state index contributed by atoms with van der Waals surface area (Å²) in [6, 6.07) is 17.0. The van der Waals surface area contributed by atoms with Crippen LogP contribution in [0, 0.1) is 6.92 Å². The molecule has 0 saturated heterocycles. The van der Waals surface area contributed by atoms with E-state index >= 15 is 0 Å². The van der Waals surface area contributed by atoms with Crippen LogP contribution in [0.15, 0.2) is 54.6 Å². The minimum Gasteiger partial charge on any atom is -0.359 e. The molecule has 0 radical (unpaired) electrons. The fourth-order valence-corrected chi connectivity index (χ4v) is 3.84. The van der Waals surface area contributed by atoms with Crippen molar-refractivity contribution in [3.8, 4) is 0 Å². The summed E-state index contributed by atoms with van der Waals surface area (Å²) < 4.78 is 37.8. The molecule has 0 aliphatic rings. The SMILES string of the molecule is COCOCCCS(=O)(=O)NC(c1ccccc1)c1ccccc1C. The van der Waals surface area contributed by atoms with Gasteiger partial charge in [-0.1, -0.05) is 54.6 Å². The summed E-state index contributed by atoms with van der Waals surface area (Å²) in [4.78, 5) is 0. The molecule has 0 amide bonds. The number of hydrogen-bond acceptors (Lipinski definition) is 4. The summed E-state index contributed by atoms with van der Waals surface area (Å²) in [6.07, 6.45) is 0.411. The van der Waals surface area contributed by atoms with E-state index in [2.05, 4.69) is 4.72 Å². The average molecular weight is 363 g/mol. The third-order valence-corrected chi connectivity index (χ3v) is 5.25.